The van der Waals surface area contributed by atoms with Gasteiger partial charge in [0.2, 0.25) is 0 Å². The summed E-state index contributed by atoms with van der Waals surface area (Å²) in [4.78, 5) is 0. The first-order valence-electron chi connectivity index (χ1n) is 6.77. The van der Waals surface area contributed by atoms with Crippen molar-refractivity contribution in [1.29, 1.82) is 0 Å². The first-order valence-corrected chi connectivity index (χ1v) is 6.77. The molecule has 1 heteroatoms. The molecule has 17 heavy (non-hydrogen) atoms. The molecule has 0 amide bonds. The fourth-order valence-electron chi connectivity index (χ4n) is 1.98. The molecule has 1 aromatic rings. The van der Waals surface area contributed by atoms with E-state index in [9.17, 15) is 0 Å². The largest absolute Gasteiger partial charge is 0.328 e. The molecule has 1 nitrogen and oxygen atoms in total. The van der Waals surface area contributed by atoms with Crippen molar-refractivity contribution in [3.63, 3.8) is 0 Å². The van der Waals surface area contributed by atoms with Crippen LogP contribution in [0, 0.1) is 5.41 Å². The van der Waals surface area contributed by atoms with Crippen molar-refractivity contribution in [2.24, 2.45) is 11.1 Å². The van der Waals surface area contributed by atoms with Crippen LogP contribution >= 0.6 is 0 Å². The summed E-state index contributed by atoms with van der Waals surface area (Å²) in [5.74, 6) is 0. The number of hydrogen-bond acceptors (Lipinski definition) is 1. The molecule has 2 N–H and O–H groups in total. The van der Waals surface area contributed by atoms with E-state index in [-0.39, 0.29) is 0 Å². The molecule has 0 aliphatic rings. The highest BCUT2D eigenvalue weighted by Crippen LogP contribution is 2.22. The molecule has 0 aliphatic heterocycles. The van der Waals surface area contributed by atoms with Crippen molar-refractivity contribution in [1.82, 2.24) is 0 Å². The topological polar surface area (TPSA) is 26.0 Å². The molecule has 0 fully saturated rings. The predicted molar refractivity (Wildman–Crippen MR) is 76.0 cm³/mol. The Morgan fingerprint density at radius 2 is 1.71 bits per heavy atom. The average Bonchev–Trinajstić information content (AvgIpc) is 2.27. The SMILES string of the molecule is CC(C)(C)CCC(N)CCCc1ccccc1. The second kappa shape index (κ2) is 6.80. The van der Waals surface area contributed by atoms with E-state index >= 15 is 0 Å². The van der Waals surface area contributed by atoms with Gasteiger partial charge in [0.15, 0.2) is 0 Å². The molecule has 0 saturated heterocycles. The molecular formula is C16H27N. The Balaban J connectivity index is 2.14. The van der Waals surface area contributed by atoms with Crippen LogP contribution in [-0.2, 0) is 6.42 Å². The zero-order valence-corrected chi connectivity index (χ0v) is 11.6. The van der Waals surface area contributed by atoms with E-state index in [4.69, 9.17) is 5.73 Å². The normalized spacial score (nSPS) is 13.6. The molecular weight excluding hydrogens is 206 g/mol. The minimum atomic E-state index is 0.373. The van der Waals surface area contributed by atoms with Gasteiger partial charge in [-0.1, -0.05) is 51.1 Å². The van der Waals surface area contributed by atoms with Crippen LogP contribution in [0.5, 0.6) is 0 Å². The van der Waals surface area contributed by atoms with Gasteiger partial charge in [-0.05, 0) is 43.1 Å². The maximum Gasteiger partial charge on any atom is 0.00391 e. The van der Waals surface area contributed by atoms with Crippen molar-refractivity contribution < 1.29 is 0 Å². The molecule has 1 atom stereocenters. The molecule has 0 radical (unpaired) electrons. The van der Waals surface area contributed by atoms with Crippen LogP contribution < -0.4 is 5.73 Å². The van der Waals surface area contributed by atoms with E-state index in [1.54, 1.807) is 0 Å². The van der Waals surface area contributed by atoms with Gasteiger partial charge in [0.05, 0.1) is 0 Å². The minimum Gasteiger partial charge on any atom is -0.328 e. The van der Waals surface area contributed by atoms with Crippen LogP contribution in [0.25, 0.3) is 0 Å². The maximum atomic E-state index is 6.15. The van der Waals surface area contributed by atoms with E-state index < -0.39 is 0 Å². The predicted octanol–water partition coefficient (Wildman–Crippen LogP) is 4.16. The second-order valence-electron chi connectivity index (χ2n) is 6.24. The number of nitrogens with two attached hydrogens (primary N) is 1. The van der Waals surface area contributed by atoms with Gasteiger partial charge >= 0.3 is 0 Å². The molecule has 0 saturated carbocycles. The minimum absolute atomic E-state index is 0.373. The fourth-order valence-corrected chi connectivity index (χ4v) is 1.98. The standard InChI is InChI=1S/C16H27N/c1-16(2,3)13-12-15(17)11-7-10-14-8-5-4-6-9-14/h4-6,8-9,15H,7,10-13,17H2,1-3H3. The Bertz CT molecular complexity index is 297. The van der Waals surface area contributed by atoms with E-state index in [1.165, 1.54) is 18.4 Å². The molecule has 1 rings (SSSR count). The first-order chi connectivity index (χ1) is 7.97. The summed E-state index contributed by atoms with van der Waals surface area (Å²) in [6.07, 6.45) is 5.88. The van der Waals surface area contributed by atoms with Gasteiger partial charge in [-0.25, -0.2) is 0 Å². The highest BCUT2D eigenvalue weighted by atomic mass is 14.6. The van der Waals surface area contributed by atoms with Crippen molar-refractivity contribution in [3.05, 3.63) is 35.9 Å². The lowest BCUT2D eigenvalue weighted by atomic mass is 9.88. The van der Waals surface area contributed by atoms with Gasteiger partial charge in [0.1, 0.15) is 0 Å². The van der Waals surface area contributed by atoms with Crippen LogP contribution in [0.3, 0.4) is 0 Å². The summed E-state index contributed by atoms with van der Waals surface area (Å²) >= 11 is 0. The molecule has 0 aliphatic carbocycles. The summed E-state index contributed by atoms with van der Waals surface area (Å²) in [5.41, 5.74) is 7.99. The van der Waals surface area contributed by atoms with E-state index in [0.717, 1.165) is 19.3 Å². The van der Waals surface area contributed by atoms with Gasteiger partial charge in [-0.2, -0.15) is 0 Å². The summed E-state index contributed by atoms with van der Waals surface area (Å²) < 4.78 is 0. The van der Waals surface area contributed by atoms with Crippen LogP contribution in [0.15, 0.2) is 30.3 Å². The molecule has 0 bridgehead atoms. The number of aryl methyl sites for hydroxylation is 1. The van der Waals surface area contributed by atoms with Gasteiger partial charge in [0, 0.05) is 6.04 Å². The molecule has 0 heterocycles. The van der Waals surface area contributed by atoms with Crippen molar-refractivity contribution in [2.45, 2.75) is 58.9 Å². The second-order valence-corrected chi connectivity index (χ2v) is 6.24. The van der Waals surface area contributed by atoms with Crippen LogP contribution in [0.2, 0.25) is 0 Å². The van der Waals surface area contributed by atoms with Crippen molar-refractivity contribution in [2.75, 3.05) is 0 Å². The lowest BCUT2D eigenvalue weighted by Gasteiger charge is -2.20. The smallest absolute Gasteiger partial charge is 0.00391 e. The third-order valence-electron chi connectivity index (χ3n) is 3.15. The third-order valence-corrected chi connectivity index (χ3v) is 3.15. The Kier molecular flexibility index (Phi) is 5.70. The fraction of sp³-hybridized carbons (Fsp3) is 0.625. The number of rotatable bonds is 6. The number of benzene rings is 1. The lowest BCUT2D eigenvalue weighted by molar-refractivity contribution is 0.342. The summed E-state index contributed by atoms with van der Waals surface area (Å²) in [6, 6.07) is 11.0. The summed E-state index contributed by atoms with van der Waals surface area (Å²) in [7, 11) is 0. The Morgan fingerprint density at radius 3 is 2.29 bits per heavy atom. The summed E-state index contributed by atoms with van der Waals surface area (Å²) in [6.45, 7) is 6.84. The highest BCUT2D eigenvalue weighted by molar-refractivity contribution is 5.14. The van der Waals surface area contributed by atoms with Gasteiger partial charge < -0.3 is 5.73 Å². The molecule has 96 valence electrons. The number of hydrogen-bond donors (Lipinski definition) is 1. The van der Waals surface area contributed by atoms with E-state index in [1.807, 2.05) is 0 Å². The zero-order chi connectivity index (χ0) is 12.7. The van der Waals surface area contributed by atoms with Crippen LogP contribution in [0.4, 0.5) is 0 Å². The maximum absolute atomic E-state index is 6.15. The molecule has 1 unspecified atom stereocenters. The Morgan fingerprint density at radius 1 is 1.06 bits per heavy atom. The average molecular weight is 233 g/mol. The van der Waals surface area contributed by atoms with Gasteiger partial charge in [-0.15, -0.1) is 0 Å². The van der Waals surface area contributed by atoms with Crippen molar-refractivity contribution in [3.8, 4) is 0 Å². The zero-order valence-electron chi connectivity index (χ0n) is 11.6. The Hall–Kier alpha value is -0.820. The van der Waals surface area contributed by atoms with Gasteiger partial charge in [-0.3, -0.25) is 0 Å². The summed E-state index contributed by atoms with van der Waals surface area (Å²) in [5, 5.41) is 0. The molecule has 0 aromatic heterocycles. The van der Waals surface area contributed by atoms with Crippen LogP contribution in [0.1, 0.15) is 52.0 Å². The monoisotopic (exact) mass is 233 g/mol. The highest BCUT2D eigenvalue weighted by Gasteiger charge is 2.12. The molecule has 1 aromatic carbocycles. The quantitative estimate of drug-likeness (QED) is 0.784. The molecule has 0 spiro atoms. The van der Waals surface area contributed by atoms with Crippen molar-refractivity contribution >= 4 is 0 Å². The van der Waals surface area contributed by atoms with E-state index in [0.29, 0.717) is 11.5 Å². The van der Waals surface area contributed by atoms with Gasteiger partial charge in [0.25, 0.3) is 0 Å². The first kappa shape index (κ1) is 14.2. The van der Waals surface area contributed by atoms with E-state index in [2.05, 4.69) is 51.1 Å². The third kappa shape index (κ3) is 7.17. The lowest BCUT2D eigenvalue weighted by Crippen LogP contribution is -2.22. The Labute approximate surface area is 106 Å². The van der Waals surface area contributed by atoms with Crippen LogP contribution in [-0.4, -0.2) is 6.04 Å².